The Hall–Kier alpha value is -12.6. The quantitative estimate of drug-likeness (QED) is 0.0261. The average Bonchev–Trinajstić information content (AvgIpc) is 1.79. The van der Waals surface area contributed by atoms with Crippen LogP contribution in [0.3, 0.4) is 0 Å². The number of H-pyrrole nitrogens is 1. The van der Waals surface area contributed by atoms with E-state index in [1.807, 2.05) is 56.3 Å². The van der Waals surface area contributed by atoms with Crippen LogP contribution in [0.4, 0.5) is 4.39 Å². The summed E-state index contributed by atoms with van der Waals surface area (Å²) in [5.74, 6) is -15.8. The van der Waals surface area contributed by atoms with Gasteiger partial charge >= 0.3 is 5.97 Å². The number of nitrogens with one attached hydrogen (secondary N) is 9. The van der Waals surface area contributed by atoms with E-state index in [1.54, 1.807) is 70.3 Å². The third kappa shape index (κ3) is 30.2. The summed E-state index contributed by atoms with van der Waals surface area (Å²) in [7, 11) is 4.16. The number of aromatic hydroxyl groups is 1. The van der Waals surface area contributed by atoms with Crippen LogP contribution in [-0.4, -0.2) is 272 Å². The number of carbonyl (C=O) groups is 16. The van der Waals surface area contributed by atoms with Crippen LogP contribution in [-0.2, 0) is 109 Å². The molecule has 13 atom stereocenters. The highest BCUT2D eigenvalue weighted by atomic mass is 32.2. The minimum atomic E-state index is -1.77. The number of likely N-dealkylation sites (tertiary alicyclic amines) is 2. The maximum Gasteiger partial charge on any atom is 0.305 e. The second kappa shape index (κ2) is 49.9. The first-order valence-corrected chi connectivity index (χ1v) is 45.4. The van der Waals surface area contributed by atoms with E-state index in [-0.39, 0.29) is 108 Å². The van der Waals surface area contributed by atoms with Gasteiger partial charge in [0.25, 0.3) is 0 Å². The molecule has 2 aliphatic rings. The zero-order valence-corrected chi connectivity index (χ0v) is 76.7. The number of hydrogen-bond donors (Lipinski definition) is 14. The Morgan fingerprint density at radius 1 is 0.557 bits per heavy atom. The molecule has 0 bridgehead atoms. The zero-order valence-electron chi connectivity index (χ0n) is 75.9. The number of benzene rings is 5. The Balaban J connectivity index is 1.00. The van der Waals surface area contributed by atoms with Gasteiger partial charge in [-0.25, -0.2) is 4.39 Å². The van der Waals surface area contributed by atoms with Crippen molar-refractivity contribution in [1.82, 2.24) is 72.0 Å². The number of aromatic amines is 1. The molecule has 35 nitrogen and oxygen atoms in total. The highest BCUT2D eigenvalue weighted by Crippen LogP contribution is 2.28. The van der Waals surface area contributed by atoms with Crippen LogP contribution < -0.4 is 59.7 Å². The number of aryl methyl sites for hydroxylation is 1. The summed E-state index contributed by atoms with van der Waals surface area (Å²) in [6.07, 6.45) is 2.20. The molecule has 3 heterocycles. The van der Waals surface area contributed by atoms with Crippen molar-refractivity contribution >= 4 is 117 Å². The van der Waals surface area contributed by atoms with E-state index >= 15 is 24.0 Å². The zero-order chi connectivity index (χ0) is 96.0. The van der Waals surface area contributed by atoms with Crippen molar-refractivity contribution < 1.29 is 91.3 Å². The average molecular weight is 1830 g/mol. The summed E-state index contributed by atoms with van der Waals surface area (Å²) in [6.45, 7) is 11.6. The van der Waals surface area contributed by atoms with Crippen molar-refractivity contribution in [2.24, 2.45) is 29.0 Å². The van der Waals surface area contributed by atoms with E-state index in [0.29, 0.717) is 41.5 Å². The van der Waals surface area contributed by atoms with Crippen molar-refractivity contribution in [3.8, 4) is 5.75 Å². The van der Waals surface area contributed by atoms with E-state index < -0.39 is 203 Å². The van der Waals surface area contributed by atoms with E-state index in [1.165, 1.54) is 84.1 Å². The van der Waals surface area contributed by atoms with Crippen LogP contribution in [0.25, 0.3) is 10.9 Å². The molecule has 6 aromatic rings. The molecule has 14 amide bonds. The lowest BCUT2D eigenvalue weighted by molar-refractivity contribution is -0.152. The smallest absolute Gasteiger partial charge is 0.305 e. The summed E-state index contributed by atoms with van der Waals surface area (Å²) >= 11 is 0.796. The number of likely N-dealkylation sites (N-methyl/N-ethyl adjacent to an activating group) is 3. The molecule has 17 N–H and O–H groups in total. The van der Waals surface area contributed by atoms with Crippen LogP contribution in [0.1, 0.15) is 139 Å². The third-order valence-electron chi connectivity index (χ3n) is 23.5. The molecule has 8 rings (SSSR count). The number of para-hydroxylation sites is 1. The molecule has 2 aliphatic heterocycles. The van der Waals surface area contributed by atoms with Gasteiger partial charge in [0.05, 0.1) is 30.8 Å². The van der Waals surface area contributed by atoms with Crippen molar-refractivity contribution in [2.75, 3.05) is 58.8 Å². The molecule has 1 unspecified atom stereocenters. The number of thioether (sulfide) groups is 1. The van der Waals surface area contributed by atoms with Gasteiger partial charge in [-0.2, -0.15) is 0 Å². The largest absolute Gasteiger partial charge is 0.508 e. The van der Waals surface area contributed by atoms with Gasteiger partial charge in [0.2, 0.25) is 82.7 Å². The fourth-order valence-electron chi connectivity index (χ4n) is 16.1. The second-order valence-corrected chi connectivity index (χ2v) is 35.5. The van der Waals surface area contributed by atoms with Gasteiger partial charge in [0.15, 0.2) is 5.78 Å². The minimum Gasteiger partial charge on any atom is -0.508 e. The van der Waals surface area contributed by atoms with Gasteiger partial charge in [0, 0.05) is 82.8 Å². The van der Waals surface area contributed by atoms with E-state index in [4.69, 9.17) is 17.2 Å². The topological polar surface area (TPSA) is 520 Å². The monoisotopic (exact) mass is 1830 g/mol. The van der Waals surface area contributed by atoms with E-state index in [2.05, 4.69) is 47.5 Å². The first-order chi connectivity index (χ1) is 62.3. The lowest BCUT2D eigenvalue weighted by Crippen LogP contribution is -2.61. The first-order valence-electron chi connectivity index (χ1n) is 44.3. The Morgan fingerprint density at radius 3 is 1.66 bits per heavy atom. The molecule has 5 aromatic carbocycles. The number of amides is 14. The number of aromatic nitrogens is 1. The molecule has 37 heteroatoms. The van der Waals surface area contributed by atoms with Crippen LogP contribution >= 0.6 is 11.8 Å². The van der Waals surface area contributed by atoms with Crippen LogP contribution in [0.2, 0.25) is 0 Å². The lowest BCUT2D eigenvalue weighted by atomic mass is 9.97. The molecular formula is C94H126FN17O18S. The number of phenols is 1. The van der Waals surface area contributed by atoms with E-state index in [0.717, 1.165) is 50.8 Å². The number of nitrogens with zero attached hydrogens (tertiary/aromatic N) is 5. The number of unbranched alkanes of at least 4 members (excludes halogenated alkanes) is 1. The number of aliphatic carboxylic acids is 1. The minimum absolute atomic E-state index is 0.00356. The van der Waals surface area contributed by atoms with Gasteiger partial charge in [-0.15, -0.1) is 11.8 Å². The summed E-state index contributed by atoms with van der Waals surface area (Å²) in [6, 6.07) is 16.6. The highest BCUT2D eigenvalue weighted by molar-refractivity contribution is 8.00. The number of phenolic OH excluding ortho intramolecular Hbond substituents is 1. The fraction of sp³-hybridized carbons (Fsp3) is 0.489. The number of rotatable bonds is 49. The van der Waals surface area contributed by atoms with Gasteiger partial charge in [-0.3, -0.25) is 76.7 Å². The molecular weight excluding hydrogens is 1710 g/mol. The number of fused-ring (bicyclic) bond motifs is 1. The summed E-state index contributed by atoms with van der Waals surface area (Å²) in [4.78, 5) is 239. The predicted octanol–water partition coefficient (Wildman–Crippen LogP) is 2.66. The number of nitrogens with two attached hydrogens (primary N) is 3. The maximum absolute atomic E-state index is 15.7. The van der Waals surface area contributed by atoms with Gasteiger partial charge in [-0.05, 0) is 142 Å². The molecule has 2 saturated heterocycles. The standard InChI is InChI=1S/C94H126FN17O18S/c1-11-12-24-76(93(129)112-42-19-26-75(112)89(125)105-71(49-81(117)118)87(123)107-82(55(4)5)94(130)109(9)77(57(7)113)46-61-29-27-56(6)28-30-61)108(8)92(128)78(47-58-20-14-13-15-21-58)110(10)91(127)72(45-59-31-35-63(95)36-32-59)101-80(116)53-131-52-73(83(119)100-51-79(98)115)106-84(120)68(43-54(2)3)102-85(121)69(44-60-33-37-64(114)38-34-60)103-86(122)70(48-62-50-99-67-23-17-16-22-65(62)67)104-88(124)74-25-18-41-111(74)90(126)66(97)39-40-96/h13-17,20-23,27-38,50,54-55,66,68-78,82,99,114H,11-12,18-19,24-26,39-49,51-53,96-97H2,1-10H3,(H2,98,115)(H,100,119)(H,101,116)(H,102,121)(H,103,122)(H,104,124)(H,105,125)(H,106,120)(H,107,123)(H,117,118)/t66-,68-,69-,70-,71-,72-,73-,74+,75+,76-,77-,78?,82-/m0/s1. The van der Waals surface area contributed by atoms with Crippen molar-refractivity contribution in [3.63, 3.8) is 0 Å². The number of primary amides is 1. The van der Waals surface area contributed by atoms with E-state index in [9.17, 15) is 67.3 Å². The summed E-state index contributed by atoms with van der Waals surface area (Å²) < 4.78 is 14.6. The number of carboxylic acids is 1. The number of carbonyl (C=O) groups excluding carboxylic acids is 15. The summed E-state index contributed by atoms with van der Waals surface area (Å²) in [5.41, 5.74) is 21.9. The number of carboxylic acid groups (broad SMARTS) is 1. The van der Waals surface area contributed by atoms with Crippen molar-refractivity contribution in [3.05, 3.63) is 173 Å². The SMILES string of the molecule is CCCC[C@@H](C(=O)N1CCC[C@@H]1C(=O)N[C@@H](CC(=O)O)C(=O)N[C@H](C(=O)N(C)[C@@H](Cc1ccc(C)cc1)C(C)=O)C(C)C)N(C)C(=O)C(Cc1ccccc1)N(C)C(=O)[C@H](Cc1ccc(F)cc1)NC(=O)CSC[C@H](NC(=O)[C@H](CC(C)C)NC(=O)[C@H](Cc1ccc(O)cc1)NC(=O)[C@H](Cc1c[nH]c2ccccc12)NC(=O)[C@H]1CCCN1C(=O)[C@@H](N)CCN)C(=O)NCC(N)=O. The fourth-order valence-corrected chi connectivity index (χ4v) is 17.0. The van der Waals surface area contributed by atoms with Gasteiger partial charge in [-0.1, -0.05) is 150 Å². The number of halogens is 1. The molecule has 131 heavy (non-hydrogen) atoms. The molecule has 2 fully saturated rings. The molecule has 708 valence electrons. The highest BCUT2D eigenvalue weighted by Gasteiger charge is 2.45. The molecule has 0 aliphatic carbocycles. The molecule has 0 saturated carbocycles. The van der Waals surface area contributed by atoms with Gasteiger partial charge < -0.3 is 99.4 Å². The third-order valence-corrected chi connectivity index (χ3v) is 24.5. The molecule has 0 radical (unpaired) electrons. The van der Waals surface area contributed by atoms with Crippen LogP contribution in [0.15, 0.2) is 134 Å². The lowest BCUT2D eigenvalue weighted by Gasteiger charge is -2.38. The Labute approximate surface area is 766 Å². The normalized spacial score (nSPS) is 16.2. The van der Waals surface area contributed by atoms with Crippen molar-refractivity contribution in [2.45, 2.75) is 223 Å². The van der Waals surface area contributed by atoms with Crippen LogP contribution in [0, 0.1) is 24.6 Å². The van der Waals surface area contributed by atoms with Crippen LogP contribution in [0.5, 0.6) is 5.75 Å². The van der Waals surface area contributed by atoms with Gasteiger partial charge in [0.1, 0.15) is 78.0 Å². The Morgan fingerprint density at radius 2 is 1.07 bits per heavy atom. The maximum atomic E-state index is 15.7. The molecule has 0 spiro atoms. The number of ketones is 1. The number of Topliss-reactive ketones (excluding diaryl/α,β-unsaturated/α-hetero) is 1. The Bertz CT molecular complexity index is 4990. The molecule has 1 aromatic heterocycles. The Kier molecular flexibility index (Phi) is 39.6. The summed E-state index contributed by atoms with van der Waals surface area (Å²) in [5, 5.41) is 42.5. The second-order valence-electron chi connectivity index (χ2n) is 34.4. The number of hydrogen-bond acceptors (Lipinski definition) is 20. The first kappa shape index (κ1) is 104. The predicted molar refractivity (Wildman–Crippen MR) is 490 cm³/mol. The van der Waals surface area contributed by atoms with Crippen molar-refractivity contribution in [1.29, 1.82) is 0 Å².